The van der Waals surface area contributed by atoms with Gasteiger partial charge in [-0.3, -0.25) is 0 Å². The minimum Gasteiger partial charge on any atom is -0.379 e. The molecule has 1 aromatic carbocycles. The highest BCUT2D eigenvalue weighted by atomic mass is 19.4. The second kappa shape index (κ2) is 4.23. The molecule has 0 saturated heterocycles. The summed E-state index contributed by atoms with van der Waals surface area (Å²) in [6, 6.07) is 5.95. The van der Waals surface area contributed by atoms with Crippen molar-refractivity contribution in [2.45, 2.75) is 32.0 Å². The van der Waals surface area contributed by atoms with Gasteiger partial charge >= 0.3 is 6.18 Å². The molecule has 0 radical (unpaired) electrons. The van der Waals surface area contributed by atoms with Crippen LogP contribution in [0.4, 0.5) is 13.2 Å². The van der Waals surface area contributed by atoms with Crippen LogP contribution in [0.1, 0.15) is 37.0 Å². The van der Waals surface area contributed by atoms with Crippen LogP contribution in [0.25, 0.3) is 0 Å². The molecule has 0 saturated carbocycles. The Hall–Kier alpha value is -1.03. The Morgan fingerprint density at radius 3 is 2.13 bits per heavy atom. The van der Waals surface area contributed by atoms with Crippen molar-refractivity contribution < 1.29 is 18.3 Å². The van der Waals surface area contributed by atoms with Gasteiger partial charge in [0.15, 0.2) is 6.10 Å². The van der Waals surface area contributed by atoms with Gasteiger partial charge in [-0.05, 0) is 17.0 Å². The minimum atomic E-state index is -4.60. The Morgan fingerprint density at radius 2 is 1.67 bits per heavy atom. The number of aliphatic hydroxyl groups excluding tert-OH is 1. The van der Waals surface area contributed by atoms with Crippen molar-refractivity contribution in [2.75, 3.05) is 0 Å². The van der Waals surface area contributed by atoms with Crippen LogP contribution >= 0.6 is 0 Å². The number of hydrogen-bond acceptors (Lipinski definition) is 1. The van der Waals surface area contributed by atoms with E-state index < -0.39 is 12.3 Å². The first-order valence-electron chi connectivity index (χ1n) is 4.67. The van der Waals surface area contributed by atoms with E-state index in [0.29, 0.717) is 0 Å². The topological polar surface area (TPSA) is 20.2 Å². The highest BCUT2D eigenvalue weighted by molar-refractivity contribution is 5.27. The van der Waals surface area contributed by atoms with Crippen molar-refractivity contribution in [1.82, 2.24) is 0 Å². The number of aliphatic hydroxyl groups is 1. The largest absolute Gasteiger partial charge is 0.418 e. The van der Waals surface area contributed by atoms with Crippen molar-refractivity contribution >= 4 is 0 Å². The van der Waals surface area contributed by atoms with Gasteiger partial charge in [-0.2, -0.15) is 13.2 Å². The molecule has 0 aliphatic heterocycles. The molecule has 84 valence electrons. The summed E-state index contributed by atoms with van der Waals surface area (Å²) in [5.41, 5.74) is 0.685. The van der Waals surface area contributed by atoms with Gasteiger partial charge in [0, 0.05) is 0 Å². The maximum atomic E-state index is 12.2. The molecule has 0 aliphatic rings. The summed E-state index contributed by atoms with van der Waals surface area (Å²) in [5, 5.41) is 9.04. The molecular formula is C11H13F3O. The normalized spacial score (nSPS) is 14.3. The molecule has 0 aliphatic carbocycles. The van der Waals surface area contributed by atoms with Gasteiger partial charge in [0.05, 0.1) is 0 Å². The predicted octanol–water partition coefficient (Wildman–Crippen LogP) is 3.41. The standard InChI is InChI=1S/C11H13F3O/c1-7(2)8-4-3-5-9(6-8)10(15)11(12,13)14/h3-7,10,15H,1-2H3/t10-/m1/s1. The molecule has 0 heterocycles. The number of hydrogen-bond donors (Lipinski definition) is 1. The zero-order valence-corrected chi connectivity index (χ0v) is 8.55. The van der Waals surface area contributed by atoms with E-state index in [4.69, 9.17) is 5.11 Å². The van der Waals surface area contributed by atoms with E-state index in [1.807, 2.05) is 13.8 Å². The summed E-state index contributed by atoms with van der Waals surface area (Å²) in [5.74, 6) is 0.144. The SMILES string of the molecule is CC(C)c1cccc([C@@H](O)C(F)(F)F)c1. The second-order valence-electron chi connectivity index (χ2n) is 3.77. The first-order valence-corrected chi connectivity index (χ1v) is 4.67. The Balaban J connectivity index is 3.00. The molecule has 0 aromatic heterocycles. The van der Waals surface area contributed by atoms with Crippen LogP contribution in [0.3, 0.4) is 0 Å². The number of benzene rings is 1. The fourth-order valence-electron chi connectivity index (χ4n) is 1.28. The lowest BCUT2D eigenvalue weighted by Crippen LogP contribution is -2.20. The van der Waals surface area contributed by atoms with Gasteiger partial charge in [-0.1, -0.05) is 38.1 Å². The second-order valence-corrected chi connectivity index (χ2v) is 3.77. The predicted molar refractivity (Wildman–Crippen MR) is 51.5 cm³/mol. The Kier molecular flexibility index (Phi) is 3.39. The Morgan fingerprint density at radius 1 is 1.13 bits per heavy atom. The summed E-state index contributed by atoms with van der Waals surface area (Å²) < 4.78 is 36.7. The van der Waals surface area contributed by atoms with Gasteiger partial charge in [0.1, 0.15) is 0 Å². The fourth-order valence-corrected chi connectivity index (χ4v) is 1.28. The molecule has 0 fully saturated rings. The monoisotopic (exact) mass is 218 g/mol. The Bertz CT molecular complexity index is 331. The van der Waals surface area contributed by atoms with E-state index >= 15 is 0 Å². The third kappa shape index (κ3) is 2.96. The third-order valence-electron chi connectivity index (χ3n) is 2.20. The van der Waals surface area contributed by atoms with Crippen LogP contribution in [0.5, 0.6) is 0 Å². The van der Waals surface area contributed by atoms with Crippen LogP contribution in [-0.2, 0) is 0 Å². The maximum Gasteiger partial charge on any atom is 0.418 e. The van der Waals surface area contributed by atoms with Gasteiger partial charge in [0.25, 0.3) is 0 Å². The van der Waals surface area contributed by atoms with Crippen LogP contribution in [0, 0.1) is 0 Å². The molecule has 1 aromatic rings. The number of halogens is 3. The van der Waals surface area contributed by atoms with Gasteiger partial charge in [-0.25, -0.2) is 0 Å². The molecule has 1 N–H and O–H groups in total. The van der Waals surface area contributed by atoms with E-state index in [9.17, 15) is 13.2 Å². The van der Waals surface area contributed by atoms with Gasteiger partial charge < -0.3 is 5.11 Å². The van der Waals surface area contributed by atoms with Crippen molar-refractivity contribution in [3.63, 3.8) is 0 Å². The fraction of sp³-hybridized carbons (Fsp3) is 0.455. The molecule has 1 rings (SSSR count). The molecule has 0 unspecified atom stereocenters. The number of alkyl halides is 3. The average Bonchev–Trinajstić information content (AvgIpc) is 2.15. The lowest BCUT2D eigenvalue weighted by atomic mass is 9.98. The Labute approximate surface area is 86.5 Å². The summed E-state index contributed by atoms with van der Waals surface area (Å²) >= 11 is 0. The van der Waals surface area contributed by atoms with E-state index in [0.717, 1.165) is 5.56 Å². The lowest BCUT2D eigenvalue weighted by Gasteiger charge is -2.16. The first kappa shape index (κ1) is 12.0. The van der Waals surface area contributed by atoms with Gasteiger partial charge in [0.2, 0.25) is 0 Å². The van der Waals surface area contributed by atoms with E-state index in [-0.39, 0.29) is 11.5 Å². The molecule has 0 bridgehead atoms. The molecule has 1 atom stereocenters. The van der Waals surface area contributed by atoms with E-state index in [2.05, 4.69) is 0 Å². The smallest absolute Gasteiger partial charge is 0.379 e. The summed E-state index contributed by atoms with van der Waals surface area (Å²) in [7, 11) is 0. The van der Waals surface area contributed by atoms with Crippen LogP contribution in [-0.4, -0.2) is 11.3 Å². The highest BCUT2D eigenvalue weighted by Gasteiger charge is 2.39. The van der Waals surface area contributed by atoms with E-state index in [1.54, 1.807) is 6.07 Å². The maximum absolute atomic E-state index is 12.2. The van der Waals surface area contributed by atoms with Crippen LogP contribution in [0.15, 0.2) is 24.3 Å². The van der Waals surface area contributed by atoms with Crippen LogP contribution in [0.2, 0.25) is 0 Å². The molecule has 1 nitrogen and oxygen atoms in total. The molecular weight excluding hydrogens is 205 g/mol. The molecule has 4 heteroatoms. The van der Waals surface area contributed by atoms with E-state index in [1.165, 1.54) is 18.2 Å². The lowest BCUT2D eigenvalue weighted by molar-refractivity contribution is -0.206. The summed E-state index contributed by atoms with van der Waals surface area (Å²) in [4.78, 5) is 0. The number of rotatable bonds is 2. The zero-order valence-electron chi connectivity index (χ0n) is 8.55. The van der Waals surface area contributed by atoms with Crippen molar-refractivity contribution in [3.05, 3.63) is 35.4 Å². The zero-order chi connectivity index (χ0) is 11.6. The molecule has 0 amide bonds. The summed E-state index contributed by atoms with van der Waals surface area (Å²) in [6.45, 7) is 3.78. The average molecular weight is 218 g/mol. The quantitative estimate of drug-likeness (QED) is 0.806. The molecule has 15 heavy (non-hydrogen) atoms. The van der Waals surface area contributed by atoms with Crippen molar-refractivity contribution in [2.24, 2.45) is 0 Å². The van der Waals surface area contributed by atoms with Gasteiger partial charge in [-0.15, -0.1) is 0 Å². The van der Waals surface area contributed by atoms with Crippen molar-refractivity contribution in [1.29, 1.82) is 0 Å². The summed E-state index contributed by atoms with van der Waals surface area (Å²) in [6.07, 6.45) is -6.99. The first-order chi connectivity index (χ1) is 6.82. The highest BCUT2D eigenvalue weighted by Crippen LogP contribution is 2.33. The third-order valence-corrected chi connectivity index (χ3v) is 2.20. The van der Waals surface area contributed by atoms with Crippen molar-refractivity contribution in [3.8, 4) is 0 Å². The van der Waals surface area contributed by atoms with Crippen LogP contribution < -0.4 is 0 Å². The molecule has 0 spiro atoms. The minimum absolute atomic E-state index is 0.103.